The van der Waals surface area contributed by atoms with Crippen LogP contribution in [0.2, 0.25) is 10.0 Å². The number of aliphatic hydroxyl groups is 1. The van der Waals surface area contributed by atoms with Crippen LogP contribution in [0.25, 0.3) is 0 Å². The van der Waals surface area contributed by atoms with Crippen molar-refractivity contribution in [3.63, 3.8) is 0 Å². The molecule has 3 N–H and O–H groups in total. The van der Waals surface area contributed by atoms with E-state index < -0.39 is 11.0 Å². The summed E-state index contributed by atoms with van der Waals surface area (Å²) in [6.07, 6.45) is 5.04. The molecule has 1 fully saturated rings. The Labute approximate surface area is 213 Å². The Morgan fingerprint density at radius 3 is 2.47 bits per heavy atom. The Hall–Kier alpha value is -1.88. The molecule has 0 bridgehead atoms. The first-order valence-corrected chi connectivity index (χ1v) is 12.8. The Bertz CT molecular complexity index is 1020. The van der Waals surface area contributed by atoms with Gasteiger partial charge in [0.25, 0.3) is 0 Å². The summed E-state index contributed by atoms with van der Waals surface area (Å²) in [6.45, 7) is 7.50. The standard InChI is InChI=1S/C28H36Cl2N2O2/c1-18-8-13-23(25(30)16-18)21(17-31)14-15-28(27(3,4)34)24(19(2)32-26(28)33)7-5-6-20-9-11-22(29)12-10-20/h8-13,16-17,19,21,24,31,34H,5-7,14-15H2,1-4H3,(H,32,33)/t19-,21-,24+,28+/m1/s1. The number of hydrogen-bond donors (Lipinski definition) is 3. The Morgan fingerprint density at radius 1 is 1.21 bits per heavy atom. The van der Waals surface area contributed by atoms with Crippen molar-refractivity contribution >= 4 is 35.3 Å². The van der Waals surface area contributed by atoms with Crippen molar-refractivity contribution in [1.82, 2.24) is 5.32 Å². The van der Waals surface area contributed by atoms with E-state index in [9.17, 15) is 9.90 Å². The molecule has 1 amide bonds. The van der Waals surface area contributed by atoms with E-state index in [0.717, 1.165) is 35.4 Å². The van der Waals surface area contributed by atoms with Gasteiger partial charge in [0.1, 0.15) is 0 Å². The molecule has 1 aliphatic heterocycles. The lowest BCUT2D eigenvalue weighted by molar-refractivity contribution is -0.148. The Morgan fingerprint density at radius 2 is 1.88 bits per heavy atom. The van der Waals surface area contributed by atoms with Crippen molar-refractivity contribution in [3.05, 3.63) is 69.2 Å². The maximum absolute atomic E-state index is 13.4. The summed E-state index contributed by atoms with van der Waals surface area (Å²) in [5.41, 5.74) is 1.01. The van der Waals surface area contributed by atoms with Crippen molar-refractivity contribution < 1.29 is 9.90 Å². The van der Waals surface area contributed by atoms with Crippen LogP contribution >= 0.6 is 23.2 Å². The first kappa shape index (κ1) is 26.7. The molecule has 2 aromatic rings. The average molecular weight is 504 g/mol. The zero-order valence-corrected chi connectivity index (χ0v) is 22.0. The summed E-state index contributed by atoms with van der Waals surface area (Å²) in [6, 6.07) is 13.7. The van der Waals surface area contributed by atoms with Gasteiger partial charge in [0, 0.05) is 28.2 Å². The van der Waals surface area contributed by atoms with Crippen LogP contribution in [-0.2, 0) is 11.2 Å². The van der Waals surface area contributed by atoms with Gasteiger partial charge in [0.2, 0.25) is 5.91 Å². The number of rotatable bonds is 10. The van der Waals surface area contributed by atoms with Gasteiger partial charge in [-0.05, 0) is 101 Å². The fraction of sp³-hybridized carbons (Fsp3) is 0.500. The SMILES string of the molecule is Cc1ccc([C@@H](C=N)CC[C@@]2(C(C)(C)O)C(=O)N[C@H](C)[C@@H]2CCCc2ccc(Cl)cc2)c(Cl)c1. The van der Waals surface area contributed by atoms with E-state index in [1.807, 2.05) is 56.3 Å². The molecule has 4 atom stereocenters. The van der Waals surface area contributed by atoms with Crippen LogP contribution in [0.3, 0.4) is 0 Å². The molecule has 34 heavy (non-hydrogen) atoms. The maximum atomic E-state index is 13.4. The minimum atomic E-state index is -1.21. The van der Waals surface area contributed by atoms with Crippen LogP contribution in [0.4, 0.5) is 0 Å². The van der Waals surface area contributed by atoms with Crippen LogP contribution in [0.1, 0.15) is 69.1 Å². The van der Waals surface area contributed by atoms with Crippen molar-refractivity contribution in [2.75, 3.05) is 0 Å². The lowest BCUT2D eigenvalue weighted by atomic mass is 9.60. The van der Waals surface area contributed by atoms with Crippen LogP contribution in [-0.4, -0.2) is 28.9 Å². The number of carbonyl (C=O) groups excluding carboxylic acids is 1. The number of amides is 1. The van der Waals surface area contributed by atoms with Gasteiger partial charge in [-0.1, -0.05) is 47.5 Å². The van der Waals surface area contributed by atoms with Gasteiger partial charge in [-0.2, -0.15) is 0 Å². The van der Waals surface area contributed by atoms with E-state index >= 15 is 0 Å². The number of hydrogen-bond acceptors (Lipinski definition) is 3. The third-order valence-corrected chi connectivity index (χ3v) is 8.17. The first-order chi connectivity index (χ1) is 16.0. The normalized spacial score (nSPS) is 23.6. The Kier molecular flexibility index (Phi) is 8.49. The van der Waals surface area contributed by atoms with E-state index in [1.165, 1.54) is 11.8 Å². The highest BCUT2D eigenvalue weighted by molar-refractivity contribution is 6.31. The molecular weight excluding hydrogens is 467 g/mol. The monoisotopic (exact) mass is 502 g/mol. The molecule has 0 aromatic heterocycles. The van der Waals surface area contributed by atoms with Gasteiger partial charge in [-0.15, -0.1) is 0 Å². The quantitative estimate of drug-likeness (QED) is 0.315. The van der Waals surface area contributed by atoms with Gasteiger partial charge in [0.05, 0.1) is 11.0 Å². The third-order valence-electron chi connectivity index (χ3n) is 7.59. The zero-order chi connectivity index (χ0) is 25.1. The van der Waals surface area contributed by atoms with E-state index in [2.05, 4.69) is 5.32 Å². The second kappa shape index (κ2) is 10.8. The number of aryl methyl sites for hydroxylation is 2. The van der Waals surface area contributed by atoms with Gasteiger partial charge >= 0.3 is 0 Å². The molecule has 4 nitrogen and oxygen atoms in total. The largest absolute Gasteiger partial charge is 0.389 e. The molecule has 0 saturated carbocycles. The molecule has 0 unspecified atom stereocenters. The minimum absolute atomic E-state index is 0.0211. The second-order valence-corrected chi connectivity index (χ2v) is 11.1. The van der Waals surface area contributed by atoms with Crippen LogP contribution in [0.15, 0.2) is 42.5 Å². The van der Waals surface area contributed by atoms with Crippen molar-refractivity contribution in [2.24, 2.45) is 11.3 Å². The topological polar surface area (TPSA) is 73.2 Å². The highest BCUT2D eigenvalue weighted by atomic mass is 35.5. The third kappa shape index (κ3) is 5.50. The lowest BCUT2D eigenvalue weighted by Gasteiger charge is -2.44. The molecule has 2 aromatic carbocycles. The summed E-state index contributed by atoms with van der Waals surface area (Å²) < 4.78 is 0. The maximum Gasteiger partial charge on any atom is 0.229 e. The van der Waals surface area contributed by atoms with E-state index in [4.69, 9.17) is 28.6 Å². The van der Waals surface area contributed by atoms with E-state index in [-0.39, 0.29) is 23.8 Å². The minimum Gasteiger partial charge on any atom is -0.389 e. The highest BCUT2D eigenvalue weighted by Gasteiger charge is 2.60. The average Bonchev–Trinajstić information content (AvgIpc) is 3.01. The molecular formula is C28H36Cl2N2O2. The van der Waals surface area contributed by atoms with E-state index in [1.54, 1.807) is 13.8 Å². The molecule has 3 rings (SSSR count). The van der Waals surface area contributed by atoms with Crippen molar-refractivity contribution in [1.29, 1.82) is 5.41 Å². The van der Waals surface area contributed by atoms with Crippen molar-refractivity contribution in [2.45, 2.75) is 77.4 Å². The summed E-state index contributed by atoms with van der Waals surface area (Å²) >= 11 is 12.5. The zero-order valence-electron chi connectivity index (χ0n) is 20.5. The summed E-state index contributed by atoms with van der Waals surface area (Å²) in [7, 11) is 0. The molecule has 1 heterocycles. The predicted octanol–water partition coefficient (Wildman–Crippen LogP) is 6.73. The fourth-order valence-corrected chi connectivity index (χ4v) is 6.19. The lowest BCUT2D eigenvalue weighted by Crippen LogP contribution is -2.52. The highest BCUT2D eigenvalue weighted by Crippen LogP contribution is 2.51. The molecule has 1 saturated heterocycles. The Balaban J connectivity index is 1.82. The predicted molar refractivity (Wildman–Crippen MR) is 141 cm³/mol. The molecule has 0 radical (unpaired) electrons. The number of benzene rings is 2. The van der Waals surface area contributed by atoms with Crippen LogP contribution < -0.4 is 5.32 Å². The fourth-order valence-electron chi connectivity index (χ4n) is 5.69. The molecule has 0 aliphatic carbocycles. The number of carbonyl (C=O) groups is 1. The van der Waals surface area contributed by atoms with E-state index in [0.29, 0.717) is 17.9 Å². The first-order valence-electron chi connectivity index (χ1n) is 12.0. The molecule has 1 aliphatic rings. The van der Waals surface area contributed by atoms with Gasteiger partial charge in [-0.3, -0.25) is 4.79 Å². The van der Waals surface area contributed by atoms with Crippen LogP contribution in [0, 0.1) is 23.7 Å². The smallest absolute Gasteiger partial charge is 0.229 e. The summed E-state index contributed by atoms with van der Waals surface area (Å²) in [4.78, 5) is 13.4. The van der Waals surface area contributed by atoms with Crippen LogP contribution in [0.5, 0.6) is 0 Å². The molecule has 6 heteroatoms. The second-order valence-electron chi connectivity index (χ2n) is 10.3. The van der Waals surface area contributed by atoms with Crippen molar-refractivity contribution in [3.8, 4) is 0 Å². The van der Waals surface area contributed by atoms with Gasteiger partial charge in [-0.25, -0.2) is 0 Å². The number of nitrogens with one attached hydrogen (secondary N) is 2. The van der Waals surface area contributed by atoms with Gasteiger partial charge < -0.3 is 15.8 Å². The summed E-state index contributed by atoms with van der Waals surface area (Å²) in [5.74, 6) is -0.333. The van der Waals surface area contributed by atoms with Gasteiger partial charge in [0.15, 0.2) is 0 Å². The molecule has 0 spiro atoms. The number of halogens is 2. The summed E-state index contributed by atoms with van der Waals surface area (Å²) in [5, 5.41) is 23.9. The molecule has 184 valence electrons.